The molecule has 1 saturated carbocycles. The second kappa shape index (κ2) is 5.17. The molecule has 1 heterocycles. The van der Waals surface area contributed by atoms with Crippen LogP contribution in [-0.2, 0) is 4.79 Å². The van der Waals surface area contributed by atoms with Gasteiger partial charge in [0.25, 0.3) is 0 Å². The highest BCUT2D eigenvalue weighted by molar-refractivity contribution is 5.82. The lowest BCUT2D eigenvalue weighted by Crippen LogP contribution is -2.49. The minimum atomic E-state index is -0.685. The lowest BCUT2D eigenvalue weighted by Gasteiger charge is -2.36. The summed E-state index contributed by atoms with van der Waals surface area (Å²) < 4.78 is 0. The molecule has 3 N–H and O–H groups in total. The van der Waals surface area contributed by atoms with E-state index in [1.54, 1.807) is 0 Å². The topological polar surface area (TPSA) is 61.4 Å². The first-order valence-electron chi connectivity index (χ1n) is 7.15. The summed E-state index contributed by atoms with van der Waals surface area (Å²) in [5.41, 5.74) is -0.980. The quantitative estimate of drug-likeness (QED) is 0.705. The van der Waals surface area contributed by atoms with Crippen LogP contribution in [-0.4, -0.2) is 36.2 Å². The molecular formula is C14H26N2O2. The van der Waals surface area contributed by atoms with Gasteiger partial charge in [0.05, 0.1) is 11.0 Å². The molecule has 3 atom stereocenters. The van der Waals surface area contributed by atoms with Crippen LogP contribution in [0.4, 0.5) is 0 Å². The molecule has 2 rings (SSSR count). The van der Waals surface area contributed by atoms with Crippen LogP contribution in [0.5, 0.6) is 0 Å². The summed E-state index contributed by atoms with van der Waals surface area (Å²) in [4.78, 5) is 12.2. The van der Waals surface area contributed by atoms with Crippen LogP contribution in [0.3, 0.4) is 0 Å². The number of rotatable bonds is 3. The van der Waals surface area contributed by atoms with Gasteiger partial charge in [-0.3, -0.25) is 4.79 Å². The van der Waals surface area contributed by atoms with Gasteiger partial charge in [-0.05, 0) is 38.6 Å². The Kier molecular flexibility index (Phi) is 3.97. The molecular weight excluding hydrogens is 228 g/mol. The van der Waals surface area contributed by atoms with Gasteiger partial charge in [0.2, 0.25) is 5.91 Å². The van der Waals surface area contributed by atoms with Gasteiger partial charge >= 0.3 is 0 Å². The molecule has 1 aliphatic carbocycles. The van der Waals surface area contributed by atoms with Crippen molar-refractivity contribution in [1.82, 2.24) is 10.6 Å². The molecule has 4 nitrogen and oxygen atoms in total. The fourth-order valence-electron chi connectivity index (χ4n) is 3.26. The van der Waals surface area contributed by atoms with Gasteiger partial charge in [-0.25, -0.2) is 0 Å². The molecule has 0 spiro atoms. The maximum atomic E-state index is 12.2. The Morgan fingerprint density at radius 1 is 1.50 bits per heavy atom. The normalized spacial score (nSPS) is 40.7. The van der Waals surface area contributed by atoms with E-state index < -0.39 is 5.60 Å². The van der Waals surface area contributed by atoms with Crippen molar-refractivity contribution in [2.75, 3.05) is 19.6 Å². The van der Waals surface area contributed by atoms with Crippen molar-refractivity contribution in [3.8, 4) is 0 Å². The van der Waals surface area contributed by atoms with Crippen molar-refractivity contribution in [3.63, 3.8) is 0 Å². The number of carbonyl (C=O) groups excluding carboxylic acids is 1. The van der Waals surface area contributed by atoms with Crippen LogP contribution in [0.15, 0.2) is 0 Å². The van der Waals surface area contributed by atoms with Crippen molar-refractivity contribution in [3.05, 3.63) is 0 Å². The maximum Gasteiger partial charge on any atom is 0.227 e. The van der Waals surface area contributed by atoms with Gasteiger partial charge in [-0.2, -0.15) is 0 Å². The van der Waals surface area contributed by atoms with Gasteiger partial charge in [-0.1, -0.05) is 19.8 Å². The monoisotopic (exact) mass is 254 g/mol. The minimum Gasteiger partial charge on any atom is -0.388 e. The lowest BCUT2D eigenvalue weighted by molar-refractivity contribution is -0.131. The van der Waals surface area contributed by atoms with E-state index in [1.807, 2.05) is 6.92 Å². The summed E-state index contributed by atoms with van der Waals surface area (Å²) in [6, 6.07) is 0. The van der Waals surface area contributed by atoms with E-state index in [0.29, 0.717) is 12.5 Å². The molecule has 2 fully saturated rings. The fraction of sp³-hybridized carbons (Fsp3) is 0.929. The Morgan fingerprint density at radius 3 is 2.89 bits per heavy atom. The number of aliphatic hydroxyl groups is 1. The summed E-state index contributed by atoms with van der Waals surface area (Å²) in [6.07, 6.45) is 4.76. The van der Waals surface area contributed by atoms with E-state index in [1.165, 1.54) is 6.42 Å². The van der Waals surface area contributed by atoms with Crippen LogP contribution < -0.4 is 10.6 Å². The number of nitrogens with one attached hydrogen (secondary N) is 2. The van der Waals surface area contributed by atoms with Crippen molar-refractivity contribution in [2.24, 2.45) is 11.3 Å². The first-order valence-corrected chi connectivity index (χ1v) is 7.15. The molecule has 2 aliphatic rings. The first kappa shape index (κ1) is 13.8. The average molecular weight is 254 g/mol. The number of hydrogen-bond donors (Lipinski definition) is 3. The molecule has 3 unspecified atom stereocenters. The lowest BCUT2D eigenvalue weighted by atomic mass is 9.78. The van der Waals surface area contributed by atoms with E-state index in [-0.39, 0.29) is 11.3 Å². The third kappa shape index (κ3) is 3.04. The zero-order valence-electron chi connectivity index (χ0n) is 11.6. The van der Waals surface area contributed by atoms with Gasteiger partial charge in [0.1, 0.15) is 0 Å². The van der Waals surface area contributed by atoms with E-state index in [4.69, 9.17) is 0 Å². The van der Waals surface area contributed by atoms with E-state index in [9.17, 15) is 9.90 Å². The average Bonchev–Trinajstić information content (AvgIpc) is 2.74. The largest absolute Gasteiger partial charge is 0.388 e. The Bertz CT molecular complexity index is 313. The third-order valence-corrected chi connectivity index (χ3v) is 4.56. The highest BCUT2D eigenvalue weighted by Gasteiger charge is 2.38. The number of hydrogen-bond acceptors (Lipinski definition) is 3. The van der Waals surface area contributed by atoms with E-state index in [0.717, 1.165) is 38.8 Å². The standard InChI is InChI=1S/C14H26N2O2/c1-11-4-3-5-14(18,8-11)10-16-12(17)13(2)6-7-15-9-13/h11,15,18H,3-10H2,1-2H3,(H,16,17). The van der Waals surface area contributed by atoms with E-state index >= 15 is 0 Å². The molecule has 1 saturated heterocycles. The van der Waals surface area contributed by atoms with Gasteiger partial charge < -0.3 is 15.7 Å². The zero-order chi connectivity index (χ0) is 13.2. The summed E-state index contributed by atoms with van der Waals surface area (Å²) in [5, 5.41) is 16.7. The summed E-state index contributed by atoms with van der Waals surface area (Å²) in [6.45, 7) is 6.23. The SMILES string of the molecule is CC1CCCC(O)(CNC(=O)C2(C)CCNC2)C1. The van der Waals surface area contributed by atoms with Crippen molar-refractivity contribution < 1.29 is 9.90 Å². The van der Waals surface area contributed by atoms with Crippen molar-refractivity contribution >= 4 is 5.91 Å². The Labute approximate surface area is 110 Å². The predicted octanol–water partition coefficient (Wildman–Crippen LogP) is 1.04. The molecule has 1 aliphatic heterocycles. The molecule has 0 aromatic carbocycles. The predicted molar refractivity (Wildman–Crippen MR) is 71.2 cm³/mol. The third-order valence-electron chi connectivity index (χ3n) is 4.56. The summed E-state index contributed by atoms with van der Waals surface area (Å²) >= 11 is 0. The molecule has 1 amide bonds. The van der Waals surface area contributed by atoms with Gasteiger partial charge in [0, 0.05) is 13.1 Å². The Balaban J connectivity index is 1.85. The molecule has 18 heavy (non-hydrogen) atoms. The van der Waals surface area contributed by atoms with Crippen molar-refractivity contribution in [2.45, 2.75) is 51.6 Å². The Hall–Kier alpha value is -0.610. The van der Waals surface area contributed by atoms with Gasteiger partial charge in [-0.15, -0.1) is 0 Å². The zero-order valence-corrected chi connectivity index (χ0v) is 11.6. The van der Waals surface area contributed by atoms with Crippen LogP contribution >= 0.6 is 0 Å². The minimum absolute atomic E-state index is 0.0825. The van der Waals surface area contributed by atoms with Crippen LogP contribution in [0.1, 0.15) is 46.0 Å². The Morgan fingerprint density at radius 2 is 2.28 bits per heavy atom. The first-order chi connectivity index (χ1) is 8.44. The van der Waals surface area contributed by atoms with E-state index in [2.05, 4.69) is 17.6 Å². The molecule has 0 aromatic rings. The summed E-state index contributed by atoms with van der Waals surface area (Å²) in [5.74, 6) is 0.642. The highest BCUT2D eigenvalue weighted by atomic mass is 16.3. The summed E-state index contributed by atoms with van der Waals surface area (Å²) in [7, 11) is 0. The highest BCUT2D eigenvalue weighted by Crippen LogP contribution is 2.32. The van der Waals surface area contributed by atoms with Gasteiger partial charge in [0.15, 0.2) is 0 Å². The fourth-order valence-corrected chi connectivity index (χ4v) is 3.26. The second-order valence-electron chi connectivity index (χ2n) is 6.60. The van der Waals surface area contributed by atoms with Crippen molar-refractivity contribution in [1.29, 1.82) is 0 Å². The smallest absolute Gasteiger partial charge is 0.227 e. The molecule has 104 valence electrons. The molecule has 4 heteroatoms. The molecule has 0 aromatic heterocycles. The molecule has 0 bridgehead atoms. The van der Waals surface area contributed by atoms with Crippen LogP contribution in [0.2, 0.25) is 0 Å². The van der Waals surface area contributed by atoms with Crippen LogP contribution in [0, 0.1) is 11.3 Å². The second-order valence-corrected chi connectivity index (χ2v) is 6.60. The number of carbonyl (C=O) groups is 1. The maximum absolute atomic E-state index is 12.2. The molecule has 0 radical (unpaired) electrons. The van der Waals surface area contributed by atoms with Crippen LogP contribution in [0.25, 0.3) is 0 Å². The number of amides is 1.